The van der Waals surface area contributed by atoms with Gasteiger partial charge in [0, 0.05) is 21.4 Å². The van der Waals surface area contributed by atoms with Gasteiger partial charge in [-0.15, -0.1) is 0 Å². The maximum Gasteiger partial charge on any atom is 0.338 e. The topological polar surface area (TPSA) is 98.5 Å². The minimum atomic E-state index is -0.560. The van der Waals surface area contributed by atoms with Crippen LogP contribution in [0.5, 0.6) is 0 Å². The number of nitro benzene ring substituents is 1. The highest BCUT2D eigenvalue weighted by Crippen LogP contribution is 2.23. The molecule has 0 aliphatic carbocycles. The zero-order chi connectivity index (χ0) is 17.9. The van der Waals surface area contributed by atoms with E-state index in [-0.39, 0.29) is 11.3 Å². The average molecular weight is 440 g/mol. The molecule has 1 N–H and O–H groups in total. The van der Waals surface area contributed by atoms with Crippen LogP contribution in [0.4, 0.5) is 11.4 Å². The number of non-ortho nitro benzene ring substituents is 1. The second-order valence-electron chi connectivity index (χ2n) is 4.85. The van der Waals surface area contributed by atoms with Crippen LogP contribution in [0.3, 0.4) is 0 Å². The molecule has 2 rings (SSSR count). The predicted octanol–water partition coefficient (Wildman–Crippen LogP) is 3.55. The van der Waals surface area contributed by atoms with E-state index in [2.05, 4.69) is 5.32 Å². The third kappa shape index (κ3) is 3.70. The maximum absolute atomic E-state index is 12.5. The first-order valence-electron chi connectivity index (χ1n) is 6.78. The van der Waals surface area contributed by atoms with Crippen molar-refractivity contribution in [1.82, 2.24) is 0 Å². The number of rotatable bonds is 4. The molecular formula is C16H13IN2O5. The first-order chi connectivity index (χ1) is 11.3. The number of hydrogen-bond donors (Lipinski definition) is 1. The standard InChI is InChI=1S/C16H13IN2O5/c1-9-11(16(21)24-2)4-3-5-14(9)18-15(20)12-8-10(19(22)23)6-7-13(12)17/h3-8H,1-2H3,(H,18,20). The maximum atomic E-state index is 12.5. The number of methoxy groups -OCH3 is 1. The number of nitrogens with one attached hydrogen (secondary N) is 1. The van der Waals surface area contributed by atoms with Crippen molar-refractivity contribution in [2.24, 2.45) is 0 Å². The Morgan fingerprint density at radius 2 is 1.92 bits per heavy atom. The van der Waals surface area contributed by atoms with E-state index >= 15 is 0 Å². The van der Waals surface area contributed by atoms with Crippen molar-refractivity contribution in [3.05, 3.63) is 66.8 Å². The van der Waals surface area contributed by atoms with Gasteiger partial charge in [-0.2, -0.15) is 0 Å². The van der Waals surface area contributed by atoms with Gasteiger partial charge in [0.25, 0.3) is 11.6 Å². The van der Waals surface area contributed by atoms with Crippen LogP contribution in [0.25, 0.3) is 0 Å². The Morgan fingerprint density at radius 1 is 1.21 bits per heavy atom. The molecule has 124 valence electrons. The zero-order valence-electron chi connectivity index (χ0n) is 12.8. The molecule has 0 bridgehead atoms. The summed E-state index contributed by atoms with van der Waals surface area (Å²) in [4.78, 5) is 34.5. The summed E-state index contributed by atoms with van der Waals surface area (Å²) < 4.78 is 5.28. The zero-order valence-corrected chi connectivity index (χ0v) is 15.0. The van der Waals surface area contributed by atoms with Gasteiger partial charge in [-0.3, -0.25) is 14.9 Å². The lowest BCUT2D eigenvalue weighted by Crippen LogP contribution is -2.16. The molecule has 0 fully saturated rings. The van der Waals surface area contributed by atoms with E-state index in [4.69, 9.17) is 4.74 Å². The fourth-order valence-corrected chi connectivity index (χ4v) is 2.67. The summed E-state index contributed by atoms with van der Waals surface area (Å²) in [7, 11) is 1.28. The molecule has 7 nitrogen and oxygen atoms in total. The molecule has 0 atom stereocenters. The lowest BCUT2D eigenvalue weighted by Gasteiger charge is -2.12. The minimum absolute atomic E-state index is 0.166. The lowest BCUT2D eigenvalue weighted by molar-refractivity contribution is -0.384. The van der Waals surface area contributed by atoms with Crippen LogP contribution in [-0.4, -0.2) is 23.9 Å². The highest BCUT2D eigenvalue weighted by Gasteiger charge is 2.18. The first kappa shape index (κ1) is 17.9. The first-order valence-corrected chi connectivity index (χ1v) is 7.86. The second kappa shape index (κ2) is 7.39. The van der Waals surface area contributed by atoms with Crippen LogP contribution in [0.1, 0.15) is 26.3 Å². The van der Waals surface area contributed by atoms with Gasteiger partial charge < -0.3 is 10.1 Å². The summed E-state index contributed by atoms with van der Waals surface area (Å²) in [5.74, 6) is -0.998. The number of amides is 1. The third-order valence-electron chi connectivity index (χ3n) is 3.39. The SMILES string of the molecule is COC(=O)c1cccc(NC(=O)c2cc([N+](=O)[O-])ccc2I)c1C. The van der Waals surface area contributed by atoms with Gasteiger partial charge >= 0.3 is 5.97 Å². The number of carbonyl (C=O) groups excluding carboxylic acids is 2. The van der Waals surface area contributed by atoms with Crippen molar-refractivity contribution in [3.8, 4) is 0 Å². The molecule has 24 heavy (non-hydrogen) atoms. The van der Waals surface area contributed by atoms with Crippen LogP contribution in [-0.2, 0) is 4.74 Å². The molecule has 0 aromatic heterocycles. The average Bonchev–Trinajstić information content (AvgIpc) is 2.56. The van der Waals surface area contributed by atoms with Crippen LogP contribution >= 0.6 is 22.6 Å². The quantitative estimate of drug-likeness (QED) is 0.340. The molecule has 0 spiro atoms. The van der Waals surface area contributed by atoms with E-state index in [1.165, 1.54) is 25.3 Å². The number of benzene rings is 2. The lowest BCUT2D eigenvalue weighted by atomic mass is 10.1. The second-order valence-corrected chi connectivity index (χ2v) is 6.01. The number of anilines is 1. The fourth-order valence-electron chi connectivity index (χ4n) is 2.09. The van der Waals surface area contributed by atoms with Crippen LogP contribution in [0, 0.1) is 20.6 Å². The molecule has 8 heteroatoms. The molecule has 0 aliphatic rings. The highest BCUT2D eigenvalue weighted by atomic mass is 127. The van der Waals surface area contributed by atoms with E-state index in [9.17, 15) is 19.7 Å². The van der Waals surface area contributed by atoms with Crippen molar-refractivity contribution in [3.63, 3.8) is 0 Å². The number of nitro groups is 1. The number of esters is 1. The van der Waals surface area contributed by atoms with E-state index < -0.39 is 16.8 Å². The Morgan fingerprint density at radius 3 is 2.54 bits per heavy atom. The largest absolute Gasteiger partial charge is 0.465 e. The molecule has 1 amide bonds. The summed E-state index contributed by atoms with van der Waals surface area (Å²) in [6, 6.07) is 8.91. The number of halogens is 1. The number of nitrogens with zero attached hydrogens (tertiary/aromatic N) is 1. The van der Waals surface area contributed by atoms with Gasteiger partial charge in [-0.1, -0.05) is 6.07 Å². The van der Waals surface area contributed by atoms with Gasteiger partial charge in [-0.05, 0) is 53.3 Å². The Balaban J connectivity index is 2.36. The van der Waals surface area contributed by atoms with Crippen molar-refractivity contribution in [2.45, 2.75) is 6.92 Å². The number of ether oxygens (including phenoxy) is 1. The normalized spacial score (nSPS) is 10.1. The third-order valence-corrected chi connectivity index (χ3v) is 4.33. The van der Waals surface area contributed by atoms with Crippen molar-refractivity contribution >= 4 is 45.8 Å². The van der Waals surface area contributed by atoms with Crippen molar-refractivity contribution < 1.29 is 19.2 Å². The van der Waals surface area contributed by atoms with Crippen LogP contribution in [0.2, 0.25) is 0 Å². The van der Waals surface area contributed by atoms with E-state index in [1.807, 2.05) is 22.6 Å². The Bertz CT molecular complexity index is 835. The number of hydrogen-bond acceptors (Lipinski definition) is 5. The molecular weight excluding hydrogens is 427 g/mol. The molecule has 0 aliphatic heterocycles. The van der Waals surface area contributed by atoms with Gasteiger partial charge in [-0.25, -0.2) is 4.79 Å². The summed E-state index contributed by atoms with van der Waals surface area (Å²) >= 11 is 1.93. The van der Waals surface area contributed by atoms with E-state index in [1.54, 1.807) is 25.1 Å². The number of carbonyl (C=O) groups is 2. The summed E-state index contributed by atoms with van der Waals surface area (Å²) in [5, 5.41) is 13.6. The monoisotopic (exact) mass is 440 g/mol. The van der Waals surface area contributed by atoms with Gasteiger partial charge in [0.05, 0.1) is 23.2 Å². The van der Waals surface area contributed by atoms with Crippen LogP contribution in [0.15, 0.2) is 36.4 Å². The molecule has 0 heterocycles. The molecule has 2 aromatic rings. The van der Waals surface area contributed by atoms with Crippen molar-refractivity contribution in [2.75, 3.05) is 12.4 Å². The summed E-state index contributed by atoms with van der Waals surface area (Å²) in [6.45, 7) is 1.68. The molecule has 0 saturated heterocycles. The molecule has 2 aromatic carbocycles. The predicted molar refractivity (Wildman–Crippen MR) is 96.3 cm³/mol. The van der Waals surface area contributed by atoms with Crippen molar-refractivity contribution in [1.29, 1.82) is 0 Å². The Kier molecular flexibility index (Phi) is 5.50. The minimum Gasteiger partial charge on any atom is -0.465 e. The summed E-state index contributed by atoms with van der Waals surface area (Å²) in [6.07, 6.45) is 0. The smallest absolute Gasteiger partial charge is 0.338 e. The fraction of sp³-hybridized carbons (Fsp3) is 0.125. The molecule has 0 unspecified atom stereocenters. The van der Waals surface area contributed by atoms with E-state index in [0.717, 1.165) is 0 Å². The molecule has 0 saturated carbocycles. The van der Waals surface area contributed by atoms with E-state index in [0.29, 0.717) is 20.4 Å². The molecule has 0 radical (unpaired) electrons. The van der Waals surface area contributed by atoms with Gasteiger partial charge in [0.2, 0.25) is 0 Å². The van der Waals surface area contributed by atoms with Gasteiger partial charge in [0.15, 0.2) is 0 Å². The van der Waals surface area contributed by atoms with Crippen LogP contribution < -0.4 is 5.32 Å². The summed E-state index contributed by atoms with van der Waals surface area (Å²) in [5.41, 5.74) is 1.35. The van der Waals surface area contributed by atoms with Gasteiger partial charge in [0.1, 0.15) is 0 Å². The Hall–Kier alpha value is -2.49. The highest BCUT2D eigenvalue weighted by molar-refractivity contribution is 14.1. The Labute approximate surface area is 151 Å².